The minimum absolute atomic E-state index is 0.558. The summed E-state index contributed by atoms with van der Waals surface area (Å²) in [6, 6.07) is 0. The van der Waals surface area contributed by atoms with Gasteiger partial charge in [-0.3, -0.25) is 0 Å². The molecule has 0 atom stereocenters. The third kappa shape index (κ3) is 4.82. The van der Waals surface area contributed by atoms with Crippen molar-refractivity contribution in [3.63, 3.8) is 0 Å². The van der Waals surface area contributed by atoms with Crippen molar-refractivity contribution in [2.75, 3.05) is 5.75 Å². The SMILES string of the molecule is [Li][CH2]C(C)(C)CSC1CCCCC1. The molecule has 0 spiro atoms. The van der Waals surface area contributed by atoms with Gasteiger partial charge in [0, 0.05) is 0 Å². The Morgan fingerprint density at radius 3 is 2.38 bits per heavy atom. The Kier molecular flexibility index (Phi) is 5.30. The maximum atomic E-state index is 2.39. The van der Waals surface area contributed by atoms with Gasteiger partial charge < -0.3 is 0 Å². The molecule has 1 fully saturated rings. The summed E-state index contributed by atoms with van der Waals surface area (Å²) in [5.41, 5.74) is 0.558. The minimum atomic E-state index is 0.558. The normalized spacial score (nSPS) is 20.6. The fourth-order valence-corrected chi connectivity index (χ4v) is 3.23. The molecule has 0 unspecified atom stereocenters. The molecule has 0 radical (unpaired) electrons. The van der Waals surface area contributed by atoms with Crippen molar-refractivity contribution in [1.82, 2.24) is 0 Å². The molecular weight excluding hydrogens is 171 g/mol. The Bertz CT molecular complexity index is 139. The fraction of sp³-hybridized carbons (Fsp3) is 1.00. The molecule has 0 saturated heterocycles. The number of thioether (sulfide) groups is 1. The van der Waals surface area contributed by atoms with Crippen molar-refractivity contribution < 1.29 is 0 Å². The van der Waals surface area contributed by atoms with Crippen LogP contribution >= 0.6 is 11.8 Å². The van der Waals surface area contributed by atoms with E-state index < -0.39 is 0 Å². The molecule has 0 aromatic carbocycles. The van der Waals surface area contributed by atoms with Crippen LogP contribution in [0.5, 0.6) is 0 Å². The van der Waals surface area contributed by atoms with Gasteiger partial charge in [-0.1, -0.05) is 0 Å². The van der Waals surface area contributed by atoms with E-state index in [1.807, 2.05) is 0 Å². The Hall–Kier alpha value is 0.947. The molecule has 1 aliphatic carbocycles. The quantitative estimate of drug-likeness (QED) is 0.612. The second-order valence-electron chi connectivity index (χ2n) is 5.09. The zero-order chi connectivity index (χ0) is 9.73. The van der Waals surface area contributed by atoms with Crippen molar-refractivity contribution in [2.24, 2.45) is 5.41 Å². The molecule has 72 valence electrons. The monoisotopic (exact) mass is 192 g/mol. The van der Waals surface area contributed by atoms with Gasteiger partial charge in [-0.2, -0.15) is 0 Å². The summed E-state index contributed by atoms with van der Waals surface area (Å²) in [6.07, 6.45) is 7.39. The van der Waals surface area contributed by atoms with Gasteiger partial charge >= 0.3 is 96.9 Å². The van der Waals surface area contributed by atoms with Gasteiger partial charge in [0.2, 0.25) is 0 Å². The van der Waals surface area contributed by atoms with E-state index in [0.717, 1.165) is 5.25 Å². The van der Waals surface area contributed by atoms with Crippen LogP contribution in [0.4, 0.5) is 0 Å². The third-order valence-electron chi connectivity index (χ3n) is 3.22. The molecule has 1 rings (SSSR count). The van der Waals surface area contributed by atoms with Crippen molar-refractivity contribution in [3.8, 4) is 0 Å². The van der Waals surface area contributed by atoms with E-state index in [2.05, 4.69) is 43.3 Å². The third-order valence-corrected chi connectivity index (χ3v) is 5.11. The number of rotatable bonds is 4. The van der Waals surface area contributed by atoms with Crippen LogP contribution in [0.2, 0.25) is 5.09 Å². The molecule has 0 aromatic heterocycles. The molecule has 0 aromatic rings. The summed E-state index contributed by atoms with van der Waals surface area (Å²) < 4.78 is 0. The Labute approximate surface area is 96.8 Å². The molecule has 0 aliphatic heterocycles. The fourth-order valence-electron chi connectivity index (χ4n) is 1.68. The molecule has 0 N–H and O–H groups in total. The van der Waals surface area contributed by atoms with Crippen LogP contribution in [0.1, 0.15) is 46.0 Å². The first-order valence-corrected chi connectivity index (χ1v) is 6.80. The average Bonchev–Trinajstić information content (AvgIpc) is 2.17. The first-order chi connectivity index (χ1) is 6.14. The van der Waals surface area contributed by atoms with Crippen molar-refractivity contribution in [2.45, 2.75) is 56.3 Å². The number of hydrogen-bond donors (Lipinski definition) is 0. The molecule has 2 heteroatoms. The van der Waals surface area contributed by atoms with Gasteiger partial charge in [-0.05, 0) is 0 Å². The Morgan fingerprint density at radius 2 is 1.85 bits per heavy atom. The van der Waals surface area contributed by atoms with Gasteiger partial charge in [0.05, 0.1) is 0 Å². The summed E-state index contributed by atoms with van der Waals surface area (Å²) in [7, 11) is 0. The van der Waals surface area contributed by atoms with E-state index in [1.165, 1.54) is 43.0 Å². The van der Waals surface area contributed by atoms with E-state index in [0.29, 0.717) is 5.41 Å². The predicted molar refractivity (Wildman–Crippen MR) is 63.7 cm³/mol. The van der Waals surface area contributed by atoms with Gasteiger partial charge in [-0.15, -0.1) is 0 Å². The molecular formula is C11H21LiS. The predicted octanol–water partition coefficient (Wildman–Crippen LogP) is 3.67. The van der Waals surface area contributed by atoms with Crippen LogP contribution in [0.3, 0.4) is 0 Å². The van der Waals surface area contributed by atoms with Crippen LogP contribution in [-0.4, -0.2) is 28.7 Å². The molecule has 13 heavy (non-hydrogen) atoms. The first kappa shape index (κ1) is 12.0. The summed E-state index contributed by atoms with van der Waals surface area (Å²) in [5.74, 6) is 1.36. The van der Waals surface area contributed by atoms with Crippen LogP contribution < -0.4 is 0 Å². The van der Waals surface area contributed by atoms with Crippen LogP contribution in [0, 0.1) is 5.41 Å². The van der Waals surface area contributed by atoms with Crippen molar-refractivity contribution in [1.29, 1.82) is 0 Å². The van der Waals surface area contributed by atoms with E-state index >= 15 is 0 Å². The maximum absolute atomic E-state index is 2.39. The molecule has 0 bridgehead atoms. The first-order valence-electron chi connectivity index (χ1n) is 5.76. The second-order valence-corrected chi connectivity index (χ2v) is 6.38. The van der Waals surface area contributed by atoms with Crippen LogP contribution in [0.25, 0.3) is 0 Å². The Morgan fingerprint density at radius 1 is 1.23 bits per heavy atom. The van der Waals surface area contributed by atoms with Gasteiger partial charge in [0.25, 0.3) is 0 Å². The Balaban J connectivity index is 2.17. The zero-order valence-electron chi connectivity index (χ0n) is 9.44. The number of hydrogen-bond acceptors (Lipinski definition) is 1. The molecule has 1 saturated carbocycles. The molecule has 0 heterocycles. The zero-order valence-corrected chi connectivity index (χ0v) is 10.3. The molecule has 1 aliphatic rings. The van der Waals surface area contributed by atoms with E-state index in [4.69, 9.17) is 0 Å². The summed E-state index contributed by atoms with van der Waals surface area (Å²) in [4.78, 5) is 0. The molecule has 0 nitrogen and oxygen atoms in total. The standard InChI is InChI=1S/C11H21S.Li/c1-11(2,3)9-12-10-7-5-4-6-8-10;/h10H,1,4-9H2,2-3H3;. The average molecular weight is 192 g/mol. The van der Waals surface area contributed by atoms with E-state index in [9.17, 15) is 0 Å². The van der Waals surface area contributed by atoms with Crippen LogP contribution in [-0.2, 0) is 0 Å². The van der Waals surface area contributed by atoms with Gasteiger partial charge in [-0.25, -0.2) is 0 Å². The van der Waals surface area contributed by atoms with E-state index in [-0.39, 0.29) is 0 Å². The topological polar surface area (TPSA) is 0 Å². The summed E-state index contributed by atoms with van der Waals surface area (Å²) in [5, 5.41) is 2.30. The summed E-state index contributed by atoms with van der Waals surface area (Å²) >= 11 is 4.54. The van der Waals surface area contributed by atoms with Gasteiger partial charge in [0.15, 0.2) is 0 Å². The van der Waals surface area contributed by atoms with Crippen LogP contribution in [0.15, 0.2) is 0 Å². The van der Waals surface area contributed by atoms with Gasteiger partial charge in [0.1, 0.15) is 0 Å². The molecule has 0 amide bonds. The van der Waals surface area contributed by atoms with Crippen molar-refractivity contribution >= 4 is 29.5 Å². The second kappa shape index (κ2) is 5.74. The van der Waals surface area contributed by atoms with Crippen molar-refractivity contribution in [3.05, 3.63) is 0 Å². The summed E-state index contributed by atoms with van der Waals surface area (Å²) in [6.45, 7) is 4.78. The van der Waals surface area contributed by atoms with E-state index in [1.54, 1.807) is 0 Å².